The highest BCUT2D eigenvalue weighted by atomic mass is 19.1. The predicted octanol–water partition coefficient (Wildman–Crippen LogP) is 3.72. The molecule has 0 aliphatic carbocycles. The van der Waals surface area contributed by atoms with Crippen LogP contribution in [-0.2, 0) is 0 Å². The number of nitrogens with zero attached hydrogens (tertiary/aromatic N) is 1. The third-order valence-electron chi connectivity index (χ3n) is 3.57. The summed E-state index contributed by atoms with van der Waals surface area (Å²) in [5.41, 5.74) is 0.920. The molecule has 0 aromatic heterocycles. The Hall–Kier alpha value is -1.58. The van der Waals surface area contributed by atoms with Crippen LogP contribution in [0.25, 0.3) is 0 Å². The van der Waals surface area contributed by atoms with Crippen molar-refractivity contribution >= 4 is 6.03 Å². The summed E-state index contributed by atoms with van der Waals surface area (Å²) < 4.78 is 12.9. The van der Waals surface area contributed by atoms with Crippen LogP contribution < -0.4 is 5.32 Å². The van der Waals surface area contributed by atoms with E-state index in [4.69, 9.17) is 0 Å². The molecule has 19 heavy (non-hydrogen) atoms. The molecule has 0 radical (unpaired) electrons. The molecule has 0 bridgehead atoms. The minimum absolute atomic E-state index is 0.0880. The highest BCUT2D eigenvalue weighted by Crippen LogP contribution is 2.19. The Morgan fingerprint density at radius 1 is 1.26 bits per heavy atom. The van der Waals surface area contributed by atoms with Gasteiger partial charge in [-0.05, 0) is 37.5 Å². The Labute approximate surface area is 114 Å². The summed E-state index contributed by atoms with van der Waals surface area (Å²) in [5.74, 6) is -0.264. The van der Waals surface area contributed by atoms with Crippen molar-refractivity contribution < 1.29 is 9.18 Å². The molecule has 106 valence electrons. The molecule has 0 heterocycles. The number of amides is 2. The zero-order valence-electron chi connectivity index (χ0n) is 12.1. The standard InChI is InChI=1S/C15H23FN2O/c1-5-14(6-2)17-15(19)18(4)11(3)12-7-9-13(16)10-8-12/h7-11,14H,5-6H2,1-4H3,(H,17,19). The van der Waals surface area contributed by atoms with Gasteiger partial charge in [0.15, 0.2) is 0 Å². The van der Waals surface area contributed by atoms with Gasteiger partial charge in [-0.3, -0.25) is 0 Å². The van der Waals surface area contributed by atoms with E-state index in [0.29, 0.717) is 0 Å². The molecule has 1 atom stereocenters. The number of urea groups is 1. The molecule has 0 saturated heterocycles. The minimum Gasteiger partial charge on any atom is -0.335 e. The summed E-state index contributed by atoms with van der Waals surface area (Å²) in [7, 11) is 1.76. The third-order valence-corrected chi connectivity index (χ3v) is 3.57. The van der Waals surface area contributed by atoms with Gasteiger partial charge in [0.05, 0.1) is 6.04 Å². The van der Waals surface area contributed by atoms with Crippen LogP contribution in [0, 0.1) is 5.82 Å². The Bertz CT molecular complexity index is 401. The molecule has 3 nitrogen and oxygen atoms in total. The maximum Gasteiger partial charge on any atom is 0.317 e. The smallest absolute Gasteiger partial charge is 0.317 e. The second-order valence-corrected chi connectivity index (χ2v) is 4.80. The molecule has 1 N–H and O–H groups in total. The first-order chi connectivity index (χ1) is 8.99. The van der Waals surface area contributed by atoms with Crippen molar-refractivity contribution in [3.8, 4) is 0 Å². The summed E-state index contributed by atoms with van der Waals surface area (Å²) in [4.78, 5) is 13.7. The number of halogens is 1. The normalized spacial score (nSPS) is 12.3. The second kappa shape index (κ2) is 7.12. The van der Waals surface area contributed by atoms with E-state index in [9.17, 15) is 9.18 Å². The van der Waals surface area contributed by atoms with Crippen molar-refractivity contribution in [2.45, 2.75) is 45.7 Å². The monoisotopic (exact) mass is 266 g/mol. The molecular weight excluding hydrogens is 243 g/mol. The van der Waals surface area contributed by atoms with Crippen LogP contribution in [0.4, 0.5) is 9.18 Å². The van der Waals surface area contributed by atoms with Crippen LogP contribution in [0.3, 0.4) is 0 Å². The molecule has 0 fully saturated rings. The summed E-state index contributed by atoms with van der Waals surface area (Å²) >= 11 is 0. The quantitative estimate of drug-likeness (QED) is 0.865. The van der Waals surface area contributed by atoms with Crippen LogP contribution in [0.5, 0.6) is 0 Å². The Morgan fingerprint density at radius 2 is 1.79 bits per heavy atom. The molecule has 2 amide bonds. The number of carbonyl (C=O) groups is 1. The molecule has 0 aliphatic heterocycles. The lowest BCUT2D eigenvalue weighted by Gasteiger charge is -2.27. The van der Waals surface area contributed by atoms with E-state index in [1.165, 1.54) is 12.1 Å². The lowest BCUT2D eigenvalue weighted by molar-refractivity contribution is 0.189. The summed E-state index contributed by atoms with van der Waals surface area (Å²) in [6.45, 7) is 6.04. The highest BCUT2D eigenvalue weighted by molar-refractivity contribution is 5.74. The minimum atomic E-state index is -0.264. The van der Waals surface area contributed by atoms with Crippen LogP contribution in [-0.4, -0.2) is 24.0 Å². The van der Waals surface area contributed by atoms with Crippen molar-refractivity contribution in [3.05, 3.63) is 35.6 Å². The average molecular weight is 266 g/mol. The fourth-order valence-corrected chi connectivity index (χ4v) is 1.91. The molecular formula is C15H23FN2O. The van der Waals surface area contributed by atoms with E-state index < -0.39 is 0 Å². The number of hydrogen-bond acceptors (Lipinski definition) is 1. The molecule has 0 spiro atoms. The lowest BCUT2D eigenvalue weighted by Crippen LogP contribution is -2.43. The topological polar surface area (TPSA) is 32.3 Å². The van der Waals surface area contributed by atoms with E-state index in [0.717, 1.165) is 18.4 Å². The number of benzene rings is 1. The summed E-state index contributed by atoms with van der Waals surface area (Å²) in [6, 6.07) is 6.27. The molecule has 1 aromatic rings. The van der Waals surface area contributed by atoms with E-state index in [-0.39, 0.29) is 23.9 Å². The molecule has 1 unspecified atom stereocenters. The van der Waals surface area contributed by atoms with Gasteiger partial charge in [-0.2, -0.15) is 0 Å². The molecule has 4 heteroatoms. The molecule has 0 aliphatic rings. The zero-order chi connectivity index (χ0) is 14.4. The molecule has 0 saturated carbocycles. The van der Waals surface area contributed by atoms with Gasteiger partial charge in [-0.15, -0.1) is 0 Å². The van der Waals surface area contributed by atoms with Gasteiger partial charge in [-0.25, -0.2) is 9.18 Å². The van der Waals surface area contributed by atoms with Gasteiger partial charge >= 0.3 is 6.03 Å². The van der Waals surface area contributed by atoms with Crippen molar-refractivity contribution in [2.75, 3.05) is 7.05 Å². The van der Waals surface area contributed by atoms with E-state index in [1.807, 2.05) is 6.92 Å². The van der Waals surface area contributed by atoms with Gasteiger partial charge in [0.1, 0.15) is 5.82 Å². The number of hydrogen-bond donors (Lipinski definition) is 1. The summed E-state index contributed by atoms with van der Waals surface area (Å²) in [6.07, 6.45) is 1.84. The van der Waals surface area contributed by atoms with Crippen molar-refractivity contribution in [2.24, 2.45) is 0 Å². The van der Waals surface area contributed by atoms with Crippen molar-refractivity contribution in [3.63, 3.8) is 0 Å². The average Bonchev–Trinajstić information content (AvgIpc) is 2.43. The van der Waals surface area contributed by atoms with Crippen LogP contribution in [0.1, 0.15) is 45.2 Å². The van der Waals surface area contributed by atoms with Crippen LogP contribution in [0.15, 0.2) is 24.3 Å². The van der Waals surface area contributed by atoms with E-state index in [1.54, 1.807) is 24.1 Å². The Balaban J connectivity index is 2.68. The number of rotatable bonds is 5. The first-order valence-corrected chi connectivity index (χ1v) is 6.78. The number of carbonyl (C=O) groups excluding carboxylic acids is 1. The molecule has 1 rings (SSSR count). The van der Waals surface area contributed by atoms with Crippen molar-refractivity contribution in [1.29, 1.82) is 0 Å². The first kappa shape index (κ1) is 15.5. The van der Waals surface area contributed by atoms with E-state index in [2.05, 4.69) is 19.2 Å². The fraction of sp³-hybridized carbons (Fsp3) is 0.533. The largest absolute Gasteiger partial charge is 0.335 e. The van der Waals surface area contributed by atoms with Gasteiger partial charge in [0.25, 0.3) is 0 Å². The maximum atomic E-state index is 12.9. The molecule has 1 aromatic carbocycles. The SMILES string of the molecule is CCC(CC)NC(=O)N(C)C(C)c1ccc(F)cc1. The number of nitrogens with one attached hydrogen (secondary N) is 1. The van der Waals surface area contributed by atoms with Gasteiger partial charge in [0, 0.05) is 13.1 Å². The predicted molar refractivity (Wildman–Crippen MR) is 75.5 cm³/mol. The van der Waals surface area contributed by atoms with Gasteiger partial charge in [0.2, 0.25) is 0 Å². The zero-order valence-corrected chi connectivity index (χ0v) is 12.1. The van der Waals surface area contributed by atoms with Gasteiger partial charge < -0.3 is 10.2 Å². The lowest BCUT2D eigenvalue weighted by atomic mass is 10.1. The fourth-order valence-electron chi connectivity index (χ4n) is 1.91. The maximum absolute atomic E-state index is 12.9. The summed E-state index contributed by atoms with van der Waals surface area (Å²) in [5, 5.41) is 2.99. The van der Waals surface area contributed by atoms with Gasteiger partial charge in [-0.1, -0.05) is 26.0 Å². The first-order valence-electron chi connectivity index (χ1n) is 6.78. The Morgan fingerprint density at radius 3 is 2.26 bits per heavy atom. The van der Waals surface area contributed by atoms with Crippen molar-refractivity contribution in [1.82, 2.24) is 10.2 Å². The Kier molecular flexibility index (Phi) is 5.80. The van der Waals surface area contributed by atoms with E-state index >= 15 is 0 Å². The second-order valence-electron chi connectivity index (χ2n) is 4.80. The highest BCUT2D eigenvalue weighted by Gasteiger charge is 2.19. The van der Waals surface area contributed by atoms with Crippen LogP contribution >= 0.6 is 0 Å². The van der Waals surface area contributed by atoms with Crippen LogP contribution in [0.2, 0.25) is 0 Å². The third kappa shape index (κ3) is 4.23.